The maximum atomic E-state index is 12.3. The van der Waals surface area contributed by atoms with E-state index in [-0.39, 0.29) is 5.75 Å². The number of amides is 2. The normalized spacial score (nSPS) is 16.1. The summed E-state index contributed by atoms with van der Waals surface area (Å²) in [5.74, 6) is 0.926. The Kier molecular flexibility index (Phi) is 19.6. The van der Waals surface area contributed by atoms with Gasteiger partial charge in [-0.05, 0) is 44.4 Å². The molecule has 8 heteroatoms. The molecule has 0 fully saturated rings. The number of carbonyl (C=O) groups is 3. The largest absolute Gasteiger partial charge is 0.480 e. The van der Waals surface area contributed by atoms with Crippen LogP contribution in [0.25, 0.3) is 0 Å². The van der Waals surface area contributed by atoms with Crippen LogP contribution in [0.15, 0.2) is 11.6 Å². The van der Waals surface area contributed by atoms with Gasteiger partial charge < -0.3 is 20.8 Å². The highest BCUT2D eigenvalue weighted by Gasteiger charge is 2.28. The van der Waals surface area contributed by atoms with Gasteiger partial charge in [0.25, 0.3) is 0 Å². The van der Waals surface area contributed by atoms with Gasteiger partial charge in [0.15, 0.2) is 0 Å². The van der Waals surface area contributed by atoms with Crippen LogP contribution in [0.3, 0.4) is 0 Å². The van der Waals surface area contributed by atoms with Crippen molar-refractivity contribution in [2.24, 2.45) is 17.8 Å². The molecule has 4 N–H and O–H groups in total. The molecular weight excluding hydrogens is 488 g/mol. The van der Waals surface area contributed by atoms with Crippen molar-refractivity contribution in [3.63, 3.8) is 0 Å². The van der Waals surface area contributed by atoms with E-state index in [0.717, 1.165) is 30.6 Å². The number of hydrogen-bond donors (Lipinski definition) is 4. The van der Waals surface area contributed by atoms with Crippen molar-refractivity contribution in [1.29, 1.82) is 0 Å². The molecule has 0 aliphatic rings. The van der Waals surface area contributed by atoms with E-state index < -0.39 is 36.0 Å². The maximum absolute atomic E-state index is 12.3. The number of aliphatic hydroxyl groups excluding tert-OH is 1. The van der Waals surface area contributed by atoms with E-state index >= 15 is 0 Å². The lowest BCUT2D eigenvalue weighted by Crippen LogP contribution is -2.55. The highest BCUT2D eigenvalue weighted by Crippen LogP contribution is 2.22. The fourth-order valence-corrected chi connectivity index (χ4v) is 5.26. The highest BCUT2D eigenvalue weighted by molar-refractivity contribution is 7.99. The van der Waals surface area contributed by atoms with Crippen molar-refractivity contribution < 1.29 is 24.6 Å². The predicted octanol–water partition coefficient (Wildman–Crippen LogP) is 5.56. The lowest BCUT2D eigenvalue weighted by atomic mass is 9.91. The molecule has 5 atom stereocenters. The van der Waals surface area contributed by atoms with E-state index in [1.807, 2.05) is 0 Å². The molecule has 5 unspecified atom stereocenters. The van der Waals surface area contributed by atoms with Crippen molar-refractivity contribution >= 4 is 29.5 Å². The summed E-state index contributed by atoms with van der Waals surface area (Å²) in [6.45, 7) is 14.1. The van der Waals surface area contributed by atoms with Crippen molar-refractivity contribution in [2.45, 2.75) is 124 Å². The van der Waals surface area contributed by atoms with Crippen LogP contribution in [0.2, 0.25) is 0 Å². The van der Waals surface area contributed by atoms with Gasteiger partial charge in [0.1, 0.15) is 12.1 Å². The average molecular weight is 543 g/mol. The van der Waals surface area contributed by atoms with Gasteiger partial charge in [0, 0.05) is 18.4 Å². The van der Waals surface area contributed by atoms with Crippen molar-refractivity contribution in [3.8, 4) is 0 Å². The summed E-state index contributed by atoms with van der Waals surface area (Å²) >= 11 is 1.43. The molecule has 0 spiro atoms. The molecule has 0 aromatic carbocycles. The van der Waals surface area contributed by atoms with E-state index in [1.165, 1.54) is 76.1 Å². The van der Waals surface area contributed by atoms with E-state index in [4.69, 9.17) is 0 Å². The minimum Gasteiger partial charge on any atom is -0.480 e. The first-order valence-corrected chi connectivity index (χ1v) is 15.2. The third-order valence-corrected chi connectivity index (χ3v) is 7.68. The number of aliphatic carboxylic acids is 1. The molecule has 0 aromatic heterocycles. The summed E-state index contributed by atoms with van der Waals surface area (Å²) in [5.41, 5.74) is 1.30. The Bertz CT molecular complexity index is 696. The second-order valence-electron chi connectivity index (χ2n) is 11.3. The first-order valence-electron chi connectivity index (χ1n) is 14.0. The molecule has 37 heavy (non-hydrogen) atoms. The molecule has 2 amide bonds. The SMILES string of the molecule is CC(=O)NC(C(=O)NC(CSC/C=C(\C)CCCC(C)CCCC(C)CCCC(C)C)C(=O)O)C(C)O. The van der Waals surface area contributed by atoms with Crippen molar-refractivity contribution in [2.75, 3.05) is 11.5 Å². The fourth-order valence-electron chi connectivity index (χ4n) is 4.26. The molecule has 0 rings (SSSR count). The first-order chi connectivity index (χ1) is 17.3. The summed E-state index contributed by atoms with van der Waals surface area (Å²) in [5, 5.41) is 24.0. The zero-order chi connectivity index (χ0) is 28.4. The maximum Gasteiger partial charge on any atom is 0.327 e. The molecule has 0 aliphatic carbocycles. The Balaban J connectivity index is 4.23. The molecule has 0 heterocycles. The van der Waals surface area contributed by atoms with Gasteiger partial charge in [-0.3, -0.25) is 9.59 Å². The van der Waals surface area contributed by atoms with Crippen LogP contribution < -0.4 is 10.6 Å². The second kappa shape index (κ2) is 20.4. The average Bonchev–Trinajstić information content (AvgIpc) is 2.78. The van der Waals surface area contributed by atoms with Crippen LogP contribution in [0.5, 0.6) is 0 Å². The van der Waals surface area contributed by atoms with Crippen LogP contribution in [0, 0.1) is 17.8 Å². The molecule has 0 radical (unpaired) electrons. The zero-order valence-corrected chi connectivity index (χ0v) is 25.2. The molecule has 0 aromatic rings. The lowest BCUT2D eigenvalue weighted by molar-refractivity contribution is -0.142. The van der Waals surface area contributed by atoms with Gasteiger partial charge >= 0.3 is 5.97 Å². The van der Waals surface area contributed by atoms with E-state index in [1.54, 1.807) is 0 Å². The number of rotatable bonds is 21. The quantitative estimate of drug-likeness (QED) is 0.111. The monoisotopic (exact) mass is 542 g/mol. The molecule has 7 nitrogen and oxygen atoms in total. The summed E-state index contributed by atoms with van der Waals surface area (Å²) in [6.07, 6.45) is 12.4. The lowest BCUT2D eigenvalue weighted by Gasteiger charge is -2.22. The number of carbonyl (C=O) groups excluding carboxylic acids is 2. The van der Waals surface area contributed by atoms with Crippen LogP contribution in [0.1, 0.15) is 106 Å². The molecule has 0 saturated heterocycles. The summed E-state index contributed by atoms with van der Waals surface area (Å²) < 4.78 is 0. The zero-order valence-electron chi connectivity index (χ0n) is 24.3. The third-order valence-electron chi connectivity index (χ3n) is 6.71. The smallest absolute Gasteiger partial charge is 0.327 e. The Hall–Kier alpha value is -1.54. The van der Waals surface area contributed by atoms with E-state index in [2.05, 4.69) is 51.3 Å². The van der Waals surface area contributed by atoms with Crippen molar-refractivity contribution in [1.82, 2.24) is 10.6 Å². The minimum atomic E-state index is -1.19. The topological polar surface area (TPSA) is 116 Å². The Morgan fingerprint density at radius 2 is 1.38 bits per heavy atom. The molecular formula is C29H54N2O5S. The molecule has 0 aliphatic heterocycles. The number of nitrogens with one attached hydrogen (secondary N) is 2. The summed E-state index contributed by atoms with van der Waals surface area (Å²) in [7, 11) is 0. The van der Waals surface area contributed by atoms with E-state index in [9.17, 15) is 24.6 Å². The Labute approximate surface area is 230 Å². The number of carboxylic acids is 1. The van der Waals surface area contributed by atoms with Gasteiger partial charge in [0.2, 0.25) is 11.8 Å². The summed E-state index contributed by atoms with van der Waals surface area (Å²) in [6, 6.07) is -2.29. The van der Waals surface area contributed by atoms with E-state index in [0.29, 0.717) is 5.75 Å². The molecule has 216 valence electrons. The van der Waals surface area contributed by atoms with Gasteiger partial charge in [-0.2, -0.15) is 11.8 Å². The van der Waals surface area contributed by atoms with Gasteiger partial charge in [-0.25, -0.2) is 4.79 Å². The number of hydrogen-bond acceptors (Lipinski definition) is 5. The number of carboxylic acid groups (broad SMARTS) is 1. The number of thioether (sulfide) groups is 1. The molecule has 0 bridgehead atoms. The van der Waals surface area contributed by atoms with Crippen LogP contribution >= 0.6 is 11.8 Å². The minimum absolute atomic E-state index is 0.199. The van der Waals surface area contributed by atoms with Crippen LogP contribution in [-0.2, 0) is 14.4 Å². The third kappa shape index (κ3) is 19.2. The second-order valence-corrected chi connectivity index (χ2v) is 12.3. The fraction of sp³-hybridized carbons (Fsp3) is 0.828. The van der Waals surface area contributed by atoms with Crippen molar-refractivity contribution in [3.05, 3.63) is 11.6 Å². The predicted molar refractivity (Wildman–Crippen MR) is 155 cm³/mol. The Morgan fingerprint density at radius 1 is 0.838 bits per heavy atom. The standard InChI is InChI=1S/C29H54N2O5S/c1-20(2)11-8-12-21(3)13-9-14-22(4)15-10-16-23(5)17-18-37-19-26(29(35)36)31-28(34)27(24(6)32)30-25(7)33/h17,20-22,24,26-27,32H,8-16,18-19H2,1-7H3,(H,30,33)(H,31,34)(H,35,36)/b23-17+. The number of allylic oxidation sites excluding steroid dienone is 1. The summed E-state index contributed by atoms with van der Waals surface area (Å²) in [4.78, 5) is 35.2. The van der Waals surface area contributed by atoms with Gasteiger partial charge in [0.05, 0.1) is 6.10 Å². The van der Waals surface area contributed by atoms with Crippen LogP contribution in [-0.4, -0.2) is 57.7 Å². The Morgan fingerprint density at radius 3 is 1.86 bits per heavy atom. The van der Waals surface area contributed by atoms with Gasteiger partial charge in [-0.1, -0.05) is 84.3 Å². The van der Waals surface area contributed by atoms with Crippen LogP contribution in [0.4, 0.5) is 0 Å². The first kappa shape index (κ1) is 35.5. The number of aliphatic hydroxyl groups is 1. The highest BCUT2D eigenvalue weighted by atomic mass is 32.2. The van der Waals surface area contributed by atoms with Gasteiger partial charge in [-0.15, -0.1) is 0 Å². The molecule has 0 saturated carbocycles.